The molecule has 0 aliphatic carbocycles. The molecule has 8 nitrogen and oxygen atoms in total. The van der Waals surface area contributed by atoms with E-state index >= 15 is 0 Å². The van der Waals surface area contributed by atoms with E-state index < -0.39 is 0 Å². The molecule has 0 aliphatic heterocycles. The van der Waals surface area contributed by atoms with Gasteiger partial charge in [0.05, 0.1) is 12.3 Å². The van der Waals surface area contributed by atoms with Crippen LogP contribution in [-0.4, -0.2) is 19.5 Å². The van der Waals surface area contributed by atoms with Crippen LogP contribution in [-0.2, 0) is 0 Å². The molecule has 0 atom stereocenters. The van der Waals surface area contributed by atoms with E-state index in [0.29, 0.717) is 28.7 Å². The van der Waals surface area contributed by atoms with Crippen LogP contribution in [0.25, 0.3) is 88.3 Å². The van der Waals surface area contributed by atoms with Gasteiger partial charge in [-0.3, -0.25) is 14.5 Å². The van der Waals surface area contributed by atoms with Crippen LogP contribution in [0.2, 0.25) is 0 Å². The van der Waals surface area contributed by atoms with Gasteiger partial charge in [0.1, 0.15) is 34.1 Å². The second-order valence-electron chi connectivity index (χ2n) is 15.3. The molecule has 272 valence electrons. The van der Waals surface area contributed by atoms with Gasteiger partial charge in [0, 0.05) is 46.1 Å². The van der Waals surface area contributed by atoms with Gasteiger partial charge >= 0.3 is 0 Å². The number of benzene rings is 4. The van der Waals surface area contributed by atoms with Gasteiger partial charge < -0.3 is 8.83 Å². The van der Waals surface area contributed by atoms with E-state index in [0.717, 1.165) is 83.2 Å². The summed E-state index contributed by atoms with van der Waals surface area (Å²) in [4.78, 5) is 18.0. The molecule has 5 aromatic heterocycles. The number of nitriles is 1. The molecule has 0 radical (unpaired) electrons. The molecule has 0 bridgehead atoms. The number of pyridine rings is 2. The van der Waals surface area contributed by atoms with Crippen LogP contribution in [0.1, 0.15) is 81.7 Å². The van der Waals surface area contributed by atoms with Crippen molar-refractivity contribution in [1.82, 2.24) is 19.5 Å². The van der Waals surface area contributed by atoms with Crippen molar-refractivity contribution in [2.45, 2.75) is 59.3 Å². The molecule has 0 N–H and O–H groups in total. The lowest BCUT2D eigenvalue weighted by Crippen LogP contribution is -2.08. The van der Waals surface area contributed by atoms with E-state index in [2.05, 4.69) is 88.9 Å². The zero-order valence-corrected chi connectivity index (χ0v) is 32.0. The van der Waals surface area contributed by atoms with Crippen LogP contribution in [0.5, 0.6) is 0 Å². The maximum absolute atomic E-state index is 9.95. The third-order valence-electron chi connectivity index (χ3n) is 10.7. The molecule has 8 heteroatoms. The first kappa shape index (κ1) is 34.7. The molecular formula is C48H38N6O2. The Morgan fingerprint density at radius 1 is 0.679 bits per heavy atom. The highest BCUT2D eigenvalue weighted by Gasteiger charge is 2.24. The number of nitrogens with zero attached hydrogens (tertiary/aromatic N) is 6. The van der Waals surface area contributed by atoms with Crippen LogP contribution < -0.4 is 0 Å². The lowest BCUT2D eigenvalue weighted by Gasteiger charge is -2.23. The van der Waals surface area contributed by atoms with Crippen molar-refractivity contribution in [3.63, 3.8) is 0 Å². The largest absolute Gasteiger partial charge is 0.454 e. The lowest BCUT2D eigenvalue weighted by atomic mass is 9.88. The van der Waals surface area contributed by atoms with Crippen molar-refractivity contribution >= 4 is 49.8 Å². The van der Waals surface area contributed by atoms with Gasteiger partial charge in [-0.25, -0.2) is 9.83 Å². The zero-order chi connectivity index (χ0) is 38.8. The molecule has 0 unspecified atom stereocenters. The second kappa shape index (κ2) is 13.4. The van der Waals surface area contributed by atoms with Crippen LogP contribution >= 0.6 is 0 Å². The van der Waals surface area contributed by atoms with Gasteiger partial charge in [0.25, 0.3) is 0 Å². The third-order valence-corrected chi connectivity index (χ3v) is 10.7. The highest BCUT2D eigenvalue weighted by atomic mass is 16.3. The molecule has 0 saturated heterocycles. The minimum Gasteiger partial charge on any atom is -0.454 e. The molecule has 0 spiro atoms. The van der Waals surface area contributed by atoms with Gasteiger partial charge in [0.15, 0.2) is 22.5 Å². The Labute approximate surface area is 324 Å². The summed E-state index contributed by atoms with van der Waals surface area (Å²) in [5.41, 5.74) is 14.6. The van der Waals surface area contributed by atoms with Gasteiger partial charge in [0.2, 0.25) is 0 Å². The molecule has 5 heterocycles. The van der Waals surface area contributed by atoms with Gasteiger partial charge in [-0.1, -0.05) is 71.9 Å². The molecule has 9 rings (SSSR count). The second-order valence-corrected chi connectivity index (χ2v) is 15.3. The molecule has 4 aromatic carbocycles. The normalized spacial score (nSPS) is 11.8. The van der Waals surface area contributed by atoms with Crippen molar-refractivity contribution in [1.29, 1.82) is 5.26 Å². The smallest absolute Gasteiger partial charge is 0.187 e. The van der Waals surface area contributed by atoms with Gasteiger partial charge in [-0.05, 0) is 100 Å². The standard InChI is InChI=1S/C48H38N6O2/c1-26(2)29-11-13-41-39(20-29)43-46(55-41)35(15-17-51-43)36-16-18-52-44-40-21-30(12-14-42(40)56-47(36)44)32-22-37(27(3)4)45(38(23-32)28(5)6)54-25-34(24-49)53-48(54)31-9-8-10-33(19-31)50-7/h8-23,25-28H,1-6H3. The maximum atomic E-state index is 9.95. The zero-order valence-electron chi connectivity index (χ0n) is 32.0. The average molecular weight is 731 g/mol. The molecule has 0 amide bonds. The first-order valence-corrected chi connectivity index (χ1v) is 18.9. The fourth-order valence-corrected chi connectivity index (χ4v) is 7.82. The Morgan fingerprint density at radius 2 is 1.30 bits per heavy atom. The monoisotopic (exact) mass is 730 g/mol. The van der Waals surface area contributed by atoms with Crippen LogP contribution in [0.3, 0.4) is 0 Å². The summed E-state index contributed by atoms with van der Waals surface area (Å²) < 4.78 is 15.1. The number of hydrogen-bond acceptors (Lipinski definition) is 6. The highest BCUT2D eigenvalue weighted by molar-refractivity contribution is 6.13. The Hall–Kier alpha value is -7.03. The molecule has 9 aromatic rings. The van der Waals surface area contributed by atoms with Crippen molar-refractivity contribution in [3.8, 4) is 45.4 Å². The number of fused-ring (bicyclic) bond motifs is 6. The number of furan rings is 2. The predicted octanol–water partition coefficient (Wildman–Crippen LogP) is 13.3. The van der Waals surface area contributed by atoms with Crippen molar-refractivity contribution in [2.75, 3.05) is 0 Å². The summed E-state index contributed by atoms with van der Waals surface area (Å²) >= 11 is 0. The van der Waals surface area contributed by atoms with Crippen molar-refractivity contribution in [2.24, 2.45) is 0 Å². The molecule has 0 saturated carbocycles. The van der Waals surface area contributed by atoms with E-state index in [1.54, 1.807) is 6.07 Å². The van der Waals surface area contributed by atoms with E-state index in [1.807, 2.05) is 65.6 Å². The minimum absolute atomic E-state index is 0.146. The average Bonchev–Trinajstić information content (AvgIpc) is 3.93. The van der Waals surface area contributed by atoms with E-state index in [1.165, 1.54) is 5.56 Å². The summed E-state index contributed by atoms with van der Waals surface area (Å²) in [6.45, 7) is 20.7. The number of aromatic nitrogens is 4. The molecule has 0 fully saturated rings. The Bertz CT molecular complexity index is 3080. The fourth-order valence-electron chi connectivity index (χ4n) is 7.82. The van der Waals surface area contributed by atoms with E-state index in [4.69, 9.17) is 30.4 Å². The Balaban J connectivity index is 1.20. The van der Waals surface area contributed by atoms with E-state index in [-0.39, 0.29) is 11.8 Å². The summed E-state index contributed by atoms with van der Waals surface area (Å²) in [6.07, 6.45) is 5.48. The SMILES string of the molecule is [C-]#[N+]c1cccc(-c2nc(C#N)cn2-c2c(C(C)C)cc(-c3ccc4oc5c(-c6ccnc7c6oc6ccc(C(C)C)cc67)ccnc5c4c3)cc2C(C)C)c1. The predicted molar refractivity (Wildman–Crippen MR) is 223 cm³/mol. The highest BCUT2D eigenvalue weighted by Crippen LogP contribution is 2.43. The number of hydrogen-bond donors (Lipinski definition) is 0. The van der Waals surface area contributed by atoms with Gasteiger partial charge in [-0.2, -0.15) is 5.26 Å². The lowest BCUT2D eigenvalue weighted by molar-refractivity contribution is 0.664. The van der Waals surface area contributed by atoms with Gasteiger partial charge in [-0.15, -0.1) is 0 Å². The first-order chi connectivity index (χ1) is 27.1. The van der Waals surface area contributed by atoms with Crippen molar-refractivity contribution < 1.29 is 8.83 Å². The van der Waals surface area contributed by atoms with Crippen LogP contribution in [0.15, 0.2) is 112 Å². The quantitative estimate of drug-likeness (QED) is 0.151. The maximum Gasteiger partial charge on any atom is 0.187 e. The number of rotatable bonds is 7. The summed E-state index contributed by atoms with van der Waals surface area (Å²) in [5, 5.41) is 11.9. The fraction of sp³-hybridized carbons (Fsp3) is 0.188. The summed E-state index contributed by atoms with van der Waals surface area (Å²) in [6, 6.07) is 30.7. The molecular weight excluding hydrogens is 693 g/mol. The van der Waals surface area contributed by atoms with E-state index in [9.17, 15) is 5.26 Å². The topological polar surface area (TPSA) is 98.0 Å². The minimum atomic E-state index is 0.146. The molecule has 56 heavy (non-hydrogen) atoms. The first-order valence-electron chi connectivity index (χ1n) is 18.9. The Morgan fingerprint density at radius 3 is 1.89 bits per heavy atom. The number of imidazole rings is 1. The summed E-state index contributed by atoms with van der Waals surface area (Å²) in [5.74, 6) is 1.31. The van der Waals surface area contributed by atoms with Crippen molar-refractivity contribution in [3.05, 3.63) is 137 Å². The van der Waals surface area contributed by atoms with Crippen LogP contribution in [0.4, 0.5) is 5.69 Å². The third kappa shape index (κ3) is 5.61. The molecule has 0 aliphatic rings. The van der Waals surface area contributed by atoms with Crippen LogP contribution in [0, 0.1) is 17.9 Å². The Kier molecular flexibility index (Phi) is 8.29. The summed E-state index contributed by atoms with van der Waals surface area (Å²) in [7, 11) is 0.